The van der Waals surface area contributed by atoms with Gasteiger partial charge in [0.2, 0.25) is 18.1 Å². The lowest BCUT2D eigenvalue weighted by Crippen LogP contribution is -2.45. The molecule has 3 heterocycles. The predicted molar refractivity (Wildman–Crippen MR) is 91.7 cm³/mol. The van der Waals surface area contributed by atoms with Crippen LogP contribution in [0.4, 0.5) is 5.69 Å². The van der Waals surface area contributed by atoms with Crippen LogP contribution < -0.4 is 10.1 Å². The summed E-state index contributed by atoms with van der Waals surface area (Å²) in [7, 11) is 1.60. The zero-order chi connectivity index (χ0) is 18.4. The zero-order valence-corrected chi connectivity index (χ0v) is 14.8. The predicted octanol–water partition coefficient (Wildman–Crippen LogP) is 2.39. The van der Waals surface area contributed by atoms with E-state index in [2.05, 4.69) is 10.3 Å². The third kappa shape index (κ3) is 4.40. The van der Waals surface area contributed by atoms with E-state index in [9.17, 15) is 4.79 Å². The fourth-order valence-corrected chi connectivity index (χ4v) is 2.38. The summed E-state index contributed by atoms with van der Waals surface area (Å²) in [4.78, 5) is 16.8. The Bertz CT molecular complexity index is 693. The average molecular weight is 362 g/mol. The molecular formula is C18H22N2O6. The molecule has 3 rings (SSSR count). The number of furan rings is 1. The third-order valence-electron chi connectivity index (χ3n) is 3.96. The van der Waals surface area contributed by atoms with Gasteiger partial charge in [-0.15, -0.1) is 0 Å². The van der Waals surface area contributed by atoms with Crippen LogP contribution in [0.3, 0.4) is 0 Å². The van der Waals surface area contributed by atoms with Crippen molar-refractivity contribution in [3.63, 3.8) is 0 Å². The quantitative estimate of drug-likeness (QED) is 0.756. The number of aromatic nitrogens is 1. The van der Waals surface area contributed by atoms with E-state index in [-0.39, 0.29) is 19.1 Å². The second kappa shape index (κ2) is 8.31. The van der Waals surface area contributed by atoms with E-state index in [4.69, 9.17) is 23.4 Å². The summed E-state index contributed by atoms with van der Waals surface area (Å²) in [5, 5.41) is 2.83. The number of anilines is 1. The average Bonchev–Trinajstić information content (AvgIpc) is 3.19. The van der Waals surface area contributed by atoms with E-state index in [0.29, 0.717) is 30.5 Å². The van der Waals surface area contributed by atoms with Crippen LogP contribution >= 0.6 is 0 Å². The summed E-state index contributed by atoms with van der Waals surface area (Å²) in [6, 6.07) is 6.95. The number of pyridine rings is 1. The van der Waals surface area contributed by atoms with Gasteiger partial charge in [-0.3, -0.25) is 4.79 Å². The Morgan fingerprint density at radius 1 is 1.31 bits per heavy atom. The summed E-state index contributed by atoms with van der Waals surface area (Å²) in [6.45, 7) is 3.12. The van der Waals surface area contributed by atoms with Crippen molar-refractivity contribution < 1.29 is 28.2 Å². The molecule has 26 heavy (non-hydrogen) atoms. The van der Waals surface area contributed by atoms with E-state index in [1.54, 1.807) is 50.8 Å². The van der Waals surface area contributed by atoms with Crippen molar-refractivity contribution in [1.29, 1.82) is 0 Å². The topological polar surface area (TPSA) is 92.1 Å². The first-order valence-electron chi connectivity index (χ1n) is 8.26. The molecule has 1 N–H and O–H groups in total. The summed E-state index contributed by atoms with van der Waals surface area (Å²) < 4.78 is 26.9. The number of hydrogen-bond donors (Lipinski definition) is 1. The Morgan fingerprint density at radius 3 is 2.73 bits per heavy atom. The van der Waals surface area contributed by atoms with Gasteiger partial charge < -0.3 is 28.7 Å². The summed E-state index contributed by atoms with van der Waals surface area (Å²) in [6.07, 6.45) is 2.51. The van der Waals surface area contributed by atoms with Crippen molar-refractivity contribution in [2.75, 3.05) is 38.9 Å². The lowest BCUT2D eigenvalue weighted by atomic mass is 9.91. The second-order valence-electron chi connectivity index (χ2n) is 6.21. The number of ether oxygens (including phenoxy) is 4. The van der Waals surface area contributed by atoms with Gasteiger partial charge in [-0.05, 0) is 25.1 Å². The number of rotatable bonds is 7. The van der Waals surface area contributed by atoms with Crippen LogP contribution in [0.1, 0.15) is 19.0 Å². The van der Waals surface area contributed by atoms with Gasteiger partial charge in [0, 0.05) is 13.2 Å². The van der Waals surface area contributed by atoms with Gasteiger partial charge in [-0.25, -0.2) is 4.98 Å². The Morgan fingerprint density at radius 2 is 2.12 bits per heavy atom. The van der Waals surface area contributed by atoms with E-state index in [1.165, 1.54) is 0 Å². The molecule has 0 atom stereocenters. The molecule has 8 heteroatoms. The van der Waals surface area contributed by atoms with Crippen LogP contribution in [0.15, 0.2) is 41.1 Å². The first kappa shape index (κ1) is 18.4. The highest BCUT2D eigenvalue weighted by atomic mass is 16.7. The monoisotopic (exact) mass is 362 g/mol. The molecule has 0 aromatic carbocycles. The molecule has 1 aliphatic heterocycles. The Balaban J connectivity index is 1.52. The second-order valence-corrected chi connectivity index (χ2v) is 6.21. The van der Waals surface area contributed by atoms with E-state index in [0.717, 1.165) is 0 Å². The fourth-order valence-electron chi connectivity index (χ4n) is 2.38. The maximum absolute atomic E-state index is 12.6. The van der Waals surface area contributed by atoms with Gasteiger partial charge >= 0.3 is 0 Å². The molecule has 140 valence electrons. The van der Waals surface area contributed by atoms with Crippen LogP contribution in [0, 0.1) is 5.41 Å². The van der Waals surface area contributed by atoms with Crippen molar-refractivity contribution in [2.45, 2.75) is 13.2 Å². The first-order chi connectivity index (χ1) is 12.6. The van der Waals surface area contributed by atoms with Gasteiger partial charge in [0.05, 0.1) is 43.4 Å². The standard InChI is InChI=1S/C18H22N2O6/c1-18(11-25-16(26-12-18)14-4-3-7-23-14)17(21)20-13-5-6-15(19-10-13)24-9-8-22-2/h3-7,10,16H,8-9,11-12H2,1-2H3,(H,20,21). The van der Waals surface area contributed by atoms with Gasteiger partial charge in [-0.1, -0.05) is 0 Å². The normalized spacial score (nSPS) is 22.8. The van der Waals surface area contributed by atoms with E-state index < -0.39 is 11.7 Å². The van der Waals surface area contributed by atoms with Gasteiger partial charge in [0.1, 0.15) is 6.61 Å². The smallest absolute Gasteiger partial charge is 0.235 e. The van der Waals surface area contributed by atoms with Crippen molar-refractivity contribution >= 4 is 11.6 Å². The Labute approximate surface area is 151 Å². The molecule has 0 unspecified atom stereocenters. The van der Waals surface area contributed by atoms with Crippen LogP contribution in [0.2, 0.25) is 0 Å². The number of carbonyl (C=O) groups is 1. The number of methoxy groups -OCH3 is 1. The van der Waals surface area contributed by atoms with Gasteiger partial charge in [0.25, 0.3) is 0 Å². The van der Waals surface area contributed by atoms with Crippen molar-refractivity contribution in [3.8, 4) is 5.88 Å². The van der Waals surface area contributed by atoms with Crippen LogP contribution in [-0.4, -0.2) is 44.4 Å². The largest absolute Gasteiger partial charge is 0.475 e. The fraction of sp³-hybridized carbons (Fsp3) is 0.444. The number of nitrogens with one attached hydrogen (secondary N) is 1. The van der Waals surface area contributed by atoms with Crippen LogP contribution in [0.25, 0.3) is 0 Å². The lowest BCUT2D eigenvalue weighted by Gasteiger charge is -2.35. The molecule has 0 spiro atoms. The van der Waals surface area contributed by atoms with Gasteiger partial charge in [-0.2, -0.15) is 0 Å². The molecular weight excluding hydrogens is 340 g/mol. The van der Waals surface area contributed by atoms with Crippen LogP contribution in [0.5, 0.6) is 5.88 Å². The lowest BCUT2D eigenvalue weighted by molar-refractivity contribution is -0.232. The number of hydrogen-bond acceptors (Lipinski definition) is 7. The minimum Gasteiger partial charge on any atom is -0.475 e. The molecule has 0 radical (unpaired) electrons. The molecule has 1 aliphatic rings. The van der Waals surface area contributed by atoms with Crippen LogP contribution in [-0.2, 0) is 19.0 Å². The SMILES string of the molecule is COCCOc1ccc(NC(=O)C2(C)COC(c3ccco3)OC2)cn1. The minimum atomic E-state index is -0.809. The highest BCUT2D eigenvalue weighted by molar-refractivity contribution is 5.95. The molecule has 0 aliphatic carbocycles. The van der Waals surface area contributed by atoms with E-state index >= 15 is 0 Å². The molecule has 1 amide bonds. The van der Waals surface area contributed by atoms with Gasteiger partial charge in [0.15, 0.2) is 5.76 Å². The van der Waals surface area contributed by atoms with Crippen molar-refractivity contribution in [2.24, 2.45) is 5.41 Å². The molecule has 0 saturated carbocycles. The zero-order valence-electron chi connectivity index (χ0n) is 14.8. The molecule has 2 aromatic rings. The number of nitrogens with zero attached hydrogens (tertiary/aromatic N) is 1. The summed E-state index contributed by atoms with van der Waals surface area (Å²) in [5.74, 6) is 0.850. The van der Waals surface area contributed by atoms with E-state index in [1.807, 2.05) is 0 Å². The third-order valence-corrected chi connectivity index (χ3v) is 3.96. The first-order valence-corrected chi connectivity index (χ1v) is 8.26. The summed E-state index contributed by atoms with van der Waals surface area (Å²) in [5.41, 5.74) is -0.236. The highest BCUT2D eigenvalue weighted by Gasteiger charge is 2.40. The summed E-state index contributed by atoms with van der Waals surface area (Å²) >= 11 is 0. The van der Waals surface area contributed by atoms with Crippen molar-refractivity contribution in [1.82, 2.24) is 4.98 Å². The number of carbonyl (C=O) groups excluding carboxylic acids is 1. The Hall–Kier alpha value is -2.42. The molecule has 2 aromatic heterocycles. The minimum absolute atomic E-state index is 0.203. The number of amides is 1. The molecule has 0 bridgehead atoms. The maximum Gasteiger partial charge on any atom is 0.235 e. The molecule has 8 nitrogen and oxygen atoms in total. The van der Waals surface area contributed by atoms with Crippen molar-refractivity contribution in [3.05, 3.63) is 42.5 Å². The highest BCUT2D eigenvalue weighted by Crippen LogP contribution is 2.32. The molecule has 1 saturated heterocycles. The Kier molecular flexibility index (Phi) is 5.87. The maximum atomic E-state index is 12.6. The molecule has 1 fully saturated rings.